The summed E-state index contributed by atoms with van der Waals surface area (Å²) in [6.45, 7) is 7.66. The Balaban J connectivity index is 2.51. The normalized spacial score (nSPS) is 25.6. The fraction of sp³-hybridized carbons (Fsp3) is 0.846. The number of hydrogen-bond acceptors (Lipinski definition) is 2. The molecule has 1 heterocycles. The van der Waals surface area contributed by atoms with Crippen LogP contribution in [-0.4, -0.2) is 41.1 Å². The smallest absolute Gasteiger partial charge is 0.326 e. The van der Waals surface area contributed by atoms with E-state index in [4.69, 9.17) is 5.11 Å². The Morgan fingerprint density at radius 3 is 2.56 bits per heavy atom. The van der Waals surface area contributed by atoms with Crippen LogP contribution in [0.3, 0.4) is 0 Å². The van der Waals surface area contributed by atoms with Gasteiger partial charge in [-0.25, -0.2) is 9.59 Å². The molecule has 0 radical (unpaired) electrons. The van der Waals surface area contributed by atoms with Crippen LogP contribution >= 0.6 is 0 Å². The fourth-order valence-electron chi connectivity index (χ4n) is 2.23. The number of carbonyl (C=O) groups excluding carboxylic acids is 1. The summed E-state index contributed by atoms with van der Waals surface area (Å²) >= 11 is 0. The number of nitrogens with zero attached hydrogens (tertiary/aromatic N) is 1. The molecule has 1 fully saturated rings. The molecule has 1 rings (SSSR count). The third kappa shape index (κ3) is 3.89. The Bertz CT molecular complexity index is 307. The molecule has 0 aromatic carbocycles. The number of nitrogens with one attached hydrogen (secondary N) is 1. The summed E-state index contributed by atoms with van der Waals surface area (Å²) in [7, 11) is 0. The van der Waals surface area contributed by atoms with Crippen molar-refractivity contribution >= 4 is 12.0 Å². The summed E-state index contributed by atoms with van der Waals surface area (Å²) in [6, 6.07) is -1.01. The predicted octanol–water partition coefficient (Wildman–Crippen LogP) is 1.93. The minimum Gasteiger partial charge on any atom is -0.480 e. The highest BCUT2D eigenvalue weighted by atomic mass is 16.4. The van der Waals surface area contributed by atoms with Gasteiger partial charge in [-0.1, -0.05) is 27.2 Å². The van der Waals surface area contributed by atoms with Gasteiger partial charge in [0.25, 0.3) is 0 Å². The van der Waals surface area contributed by atoms with Gasteiger partial charge in [-0.2, -0.15) is 0 Å². The van der Waals surface area contributed by atoms with Gasteiger partial charge in [-0.05, 0) is 24.7 Å². The first-order valence-electron chi connectivity index (χ1n) is 6.74. The van der Waals surface area contributed by atoms with E-state index >= 15 is 0 Å². The minimum atomic E-state index is -0.955. The topological polar surface area (TPSA) is 69.6 Å². The largest absolute Gasteiger partial charge is 0.480 e. The molecular formula is C13H24N2O3. The van der Waals surface area contributed by atoms with E-state index in [1.165, 1.54) is 0 Å². The van der Waals surface area contributed by atoms with Crippen LogP contribution in [0.1, 0.15) is 40.0 Å². The van der Waals surface area contributed by atoms with E-state index in [0.717, 1.165) is 19.4 Å². The highest BCUT2D eigenvalue weighted by Crippen LogP contribution is 2.22. The van der Waals surface area contributed by atoms with Crippen LogP contribution in [0, 0.1) is 11.8 Å². The molecule has 0 aromatic rings. The monoisotopic (exact) mass is 256 g/mol. The van der Waals surface area contributed by atoms with Crippen LogP contribution in [0.25, 0.3) is 0 Å². The molecular weight excluding hydrogens is 232 g/mol. The molecule has 0 bridgehead atoms. The lowest BCUT2D eigenvalue weighted by Crippen LogP contribution is -2.51. The van der Waals surface area contributed by atoms with Crippen LogP contribution in [0.2, 0.25) is 0 Å². The standard InChI is InChI=1S/C13H24N2O3/c1-4-5-11(12(16)17)14-13(18)15-7-6-9(2)10(3)8-15/h9-11H,4-8H2,1-3H3,(H,14,18)(H,16,17). The second-order valence-corrected chi connectivity index (χ2v) is 5.32. The van der Waals surface area contributed by atoms with Crippen LogP contribution in [0.5, 0.6) is 0 Å². The zero-order valence-electron chi connectivity index (χ0n) is 11.5. The summed E-state index contributed by atoms with van der Waals surface area (Å²) in [5.74, 6) is 0.141. The molecule has 0 aromatic heterocycles. The number of likely N-dealkylation sites (tertiary alicyclic amines) is 1. The predicted molar refractivity (Wildman–Crippen MR) is 69.4 cm³/mol. The van der Waals surface area contributed by atoms with Crippen molar-refractivity contribution in [2.24, 2.45) is 11.8 Å². The van der Waals surface area contributed by atoms with Gasteiger partial charge in [0.2, 0.25) is 0 Å². The summed E-state index contributed by atoms with van der Waals surface area (Å²) in [5, 5.41) is 11.6. The summed E-state index contributed by atoms with van der Waals surface area (Å²) in [6.07, 6.45) is 2.20. The van der Waals surface area contributed by atoms with Crippen LogP contribution in [0.15, 0.2) is 0 Å². The lowest BCUT2D eigenvalue weighted by Gasteiger charge is -2.35. The van der Waals surface area contributed by atoms with Crippen molar-refractivity contribution in [1.82, 2.24) is 10.2 Å². The maximum Gasteiger partial charge on any atom is 0.326 e. The molecule has 3 unspecified atom stereocenters. The Morgan fingerprint density at radius 1 is 1.39 bits per heavy atom. The van der Waals surface area contributed by atoms with Gasteiger partial charge in [-0.15, -0.1) is 0 Å². The molecule has 2 amide bonds. The number of amides is 2. The number of carboxylic acids is 1. The SMILES string of the molecule is CCCC(NC(=O)N1CCC(C)C(C)C1)C(=O)O. The number of carbonyl (C=O) groups is 2. The molecule has 104 valence electrons. The molecule has 5 nitrogen and oxygen atoms in total. The number of aliphatic carboxylic acids is 1. The summed E-state index contributed by atoms with van der Waals surface area (Å²) < 4.78 is 0. The van der Waals surface area contributed by atoms with Crippen molar-refractivity contribution in [1.29, 1.82) is 0 Å². The second-order valence-electron chi connectivity index (χ2n) is 5.32. The molecule has 5 heteroatoms. The molecule has 1 saturated heterocycles. The van der Waals surface area contributed by atoms with E-state index in [-0.39, 0.29) is 6.03 Å². The highest BCUT2D eigenvalue weighted by molar-refractivity contribution is 5.82. The van der Waals surface area contributed by atoms with Crippen molar-refractivity contribution in [3.63, 3.8) is 0 Å². The van der Waals surface area contributed by atoms with E-state index in [2.05, 4.69) is 19.2 Å². The van der Waals surface area contributed by atoms with Crippen molar-refractivity contribution < 1.29 is 14.7 Å². The maximum absolute atomic E-state index is 12.0. The van der Waals surface area contributed by atoms with Gasteiger partial charge in [0, 0.05) is 13.1 Å². The van der Waals surface area contributed by atoms with Crippen molar-refractivity contribution in [2.75, 3.05) is 13.1 Å². The molecule has 3 atom stereocenters. The third-order valence-electron chi connectivity index (χ3n) is 3.79. The van der Waals surface area contributed by atoms with Gasteiger partial charge < -0.3 is 15.3 Å². The lowest BCUT2D eigenvalue weighted by atomic mass is 9.89. The number of piperidine rings is 1. The van der Waals surface area contributed by atoms with Crippen LogP contribution in [0.4, 0.5) is 4.79 Å². The summed E-state index contributed by atoms with van der Waals surface area (Å²) in [5.41, 5.74) is 0. The van der Waals surface area contributed by atoms with E-state index in [1.807, 2.05) is 6.92 Å². The zero-order chi connectivity index (χ0) is 13.7. The third-order valence-corrected chi connectivity index (χ3v) is 3.79. The number of urea groups is 1. The first-order chi connectivity index (χ1) is 8.45. The quantitative estimate of drug-likeness (QED) is 0.807. The summed E-state index contributed by atoms with van der Waals surface area (Å²) in [4.78, 5) is 24.7. The van der Waals surface area contributed by atoms with Gasteiger partial charge in [-0.3, -0.25) is 0 Å². The average molecular weight is 256 g/mol. The Labute approximate surface area is 109 Å². The molecule has 0 aliphatic carbocycles. The Kier molecular flexibility index (Phi) is 5.44. The number of rotatable bonds is 4. The van der Waals surface area contributed by atoms with E-state index in [9.17, 15) is 9.59 Å². The fourth-order valence-corrected chi connectivity index (χ4v) is 2.23. The molecule has 1 aliphatic heterocycles. The van der Waals surface area contributed by atoms with Crippen molar-refractivity contribution in [3.05, 3.63) is 0 Å². The zero-order valence-corrected chi connectivity index (χ0v) is 11.5. The van der Waals surface area contributed by atoms with Gasteiger partial charge in [0.05, 0.1) is 0 Å². The van der Waals surface area contributed by atoms with E-state index in [0.29, 0.717) is 24.8 Å². The molecule has 0 saturated carbocycles. The molecule has 1 aliphatic rings. The van der Waals surface area contributed by atoms with Gasteiger partial charge >= 0.3 is 12.0 Å². The maximum atomic E-state index is 12.0. The van der Waals surface area contributed by atoms with Gasteiger partial charge in [0.15, 0.2) is 0 Å². The molecule has 18 heavy (non-hydrogen) atoms. The van der Waals surface area contributed by atoms with E-state index in [1.54, 1.807) is 4.90 Å². The first-order valence-corrected chi connectivity index (χ1v) is 6.74. The molecule has 0 spiro atoms. The van der Waals surface area contributed by atoms with Crippen molar-refractivity contribution in [3.8, 4) is 0 Å². The Morgan fingerprint density at radius 2 is 2.06 bits per heavy atom. The lowest BCUT2D eigenvalue weighted by molar-refractivity contribution is -0.139. The second kappa shape index (κ2) is 6.61. The highest BCUT2D eigenvalue weighted by Gasteiger charge is 2.28. The van der Waals surface area contributed by atoms with Crippen LogP contribution in [-0.2, 0) is 4.79 Å². The number of hydrogen-bond donors (Lipinski definition) is 2. The molecule has 2 N–H and O–H groups in total. The van der Waals surface area contributed by atoms with Crippen molar-refractivity contribution in [2.45, 2.75) is 46.1 Å². The minimum absolute atomic E-state index is 0.241. The number of carboxylic acid groups (broad SMARTS) is 1. The van der Waals surface area contributed by atoms with Gasteiger partial charge in [0.1, 0.15) is 6.04 Å². The Hall–Kier alpha value is -1.26. The van der Waals surface area contributed by atoms with Crippen LogP contribution < -0.4 is 5.32 Å². The average Bonchev–Trinajstić information content (AvgIpc) is 2.31. The first kappa shape index (κ1) is 14.8. The van der Waals surface area contributed by atoms with E-state index < -0.39 is 12.0 Å².